The van der Waals surface area contributed by atoms with Crippen LogP contribution in [0.2, 0.25) is 5.02 Å². The van der Waals surface area contributed by atoms with Crippen molar-refractivity contribution in [2.75, 3.05) is 5.73 Å². The van der Waals surface area contributed by atoms with Crippen molar-refractivity contribution in [1.29, 1.82) is 0 Å². The van der Waals surface area contributed by atoms with Crippen LogP contribution < -0.4 is 5.73 Å². The van der Waals surface area contributed by atoms with Crippen molar-refractivity contribution in [3.8, 4) is 10.6 Å². The van der Waals surface area contributed by atoms with Crippen LogP contribution in [0.4, 0.5) is 5.00 Å². The van der Waals surface area contributed by atoms with Crippen LogP contribution >= 0.6 is 38.9 Å². The molecule has 0 saturated carbocycles. The summed E-state index contributed by atoms with van der Waals surface area (Å²) in [7, 11) is 0. The van der Waals surface area contributed by atoms with E-state index in [9.17, 15) is 0 Å². The Labute approximate surface area is 98.9 Å². The van der Waals surface area contributed by atoms with E-state index in [0.717, 1.165) is 15.0 Å². The summed E-state index contributed by atoms with van der Waals surface area (Å²) >= 11 is 10.8. The zero-order chi connectivity index (χ0) is 10.1. The molecule has 1 heterocycles. The summed E-state index contributed by atoms with van der Waals surface area (Å²) in [5.41, 5.74) is 6.51. The van der Waals surface area contributed by atoms with E-state index in [-0.39, 0.29) is 0 Å². The van der Waals surface area contributed by atoms with Crippen molar-refractivity contribution in [3.63, 3.8) is 0 Å². The number of nitrogen functional groups attached to an aromatic ring is 1. The molecule has 0 fully saturated rings. The van der Waals surface area contributed by atoms with Crippen LogP contribution in [0.15, 0.2) is 28.9 Å². The lowest BCUT2D eigenvalue weighted by atomic mass is 10.2. The molecular weight excluding hydrogens is 284 g/mol. The predicted molar refractivity (Wildman–Crippen MR) is 64.7 cm³/mol. The Balaban J connectivity index is 2.52. The van der Waals surface area contributed by atoms with Crippen LogP contribution in [0.3, 0.4) is 0 Å². The van der Waals surface area contributed by atoms with E-state index >= 15 is 0 Å². The van der Waals surface area contributed by atoms with Crippen molar-refractivity contribution in [3.05, 3.63) is 33.9 Å². The second-order valence-electron chi connectivity index (χ2n) is 2.69. The van der Waals surface area contributed by atoms with Gasteiger partial charge in [0.25, 0.3) is 0 Å². The van der Waals surface area contributed by atoms with Crippen LogP contribution in [0.1, 0.15) is 0 Å². The number of aromatic nitrogens is 1. The predicted octanol–water partition coefficient (Wildman–Crippen LogP) is 3.81. The molecule has 0 atom stereocenters. The minimum absolute atomic E-state index is 0.675. The molecule has 0 aliphatic carbocycles. The number of thiazole rings is 1. The molecule has 0 unspecified atom stereocenters. The Morgan fingerprint density at radius 2 is 2.21 bits per heavy atom. The average molecular weight is 290 g/mol. The quantitative estimate of drug-likeness (QED) is 0.867. The highest BCUT2D eigenvalue weighted by Crippen LogP contribution is 2.33. The Bertz CT molecular complexity index is 470. The number of hydrogen-bond donors (Lipinski definition) is 1. The molecule has 72 valence electrons. The molecule has 0 bridgehead atoms. The smallest absolute Gasteiger partial charge is 0.126 e. The fourth-order valence-corrected chi connectivity index (χ4v) is 2.62. The molecule has 2 rings (SSSR count). The minimum Gasteiger partial charge on any atom is -0.389 e. The monoisotopic (exact) mass is 288 g/mol. The molecule has 14 heavy (non-hydrogen) atoms. The lowest BCUT2D eigenvalue weighted by Gasteiger charge is -1.99. The summed E-state index contributed by atoms with van der Waals surface area (Å²) in [6.07, 6.45) is 1.64. The molecule has 0 aliphatic heterocycles. The Morgan fingerprint density at radius 3 is 2.79 bits per heavy atom. The molecule has 5 heteroatoms. The Hall–Kier alpha value is -0.580. The second-order valence-corrected chi connectivity index (χ2v) is 5.08. The molecule has 2 N–H and O–H groups in total. The first-order chi connectivity index (χ1) is 6.66. The third-order valence-electron chi connectivity index (χ3n) is 1.69. The lowest BCUT2D eigenvalue weighted by Crippen LogP contribution is -1.77. The van der Waals surface area contributed by atoms with Gasteiger partial charge in [-0.3, -0.25) is 0 Å². The highest BCUT2D eigenvalue weighted by Gasteiger charge is 2.07. The van der Waals surface area contributed by atoms with Crippen LogP contribution in [-0.4, -0.2) is 4.98 Å². The largest absolute Gasteiger partial charge is 0.389 e. The minimum atomic E-state index is 0.675. The number of anilines is 1. The Kier molecular flexibility index (Phi) is 2.76. The maximum absolute atomic E-state index is 6.07. The topological polar surface area (TPSA) is 38.9 Å². The van der Waals surface area contributed by atoms with Crippen LogP contribution in [0.25, 0.3) is 10.6 Å². The first kappa shape index (κ1) is 9.96. The molecule has 2 aromatic rings. The van der Waals surface area contributed by atoms with Crippen LogP contribution in [0, 0.1) is 0 Å². The molecule has 1 aromatic heterocycles. The standard InChI is InChI=1S/C9H6BrClN2S/c10-5-1-2-6(7(11)3-5)9-13-4-8(12)14-9/h1-4H,12H2. The molecular formula is C9H6BrClN2S. The summed E-state index contributed by atoms with van der Waals surface area (Å²) in [5, 5.41) is 2.22. The van der Waals surface area contributed by atoms with E-state index in [2.05, 4.69) is 20.9 Å². The highest BCUT2D eigenvalue weighted by molar-refractivity contribution is 9.10. The van der Waals surface area contributed by atoms with Gasteiger partial charge in [-0.25, -0.2) is 4.98 Å². The van der Waals surface area contributed by atoms with Crippen LogP contribution in [-0.2, 0) is 0 Å². The molecule has 1 aromatic carbocycles. The zero-order valence-corrected chi connectivity index (χ0v) is 10.2. The third-order valence-corrected chi connectivity index (χ3v) is 3.35. The van der Waals surface area contributed by atoms with Gasteiger partial charge in [0.05, 0.1) is 11.2 Å². The summed E-state index contributed by atoms with van der Waals surface area (Å²) in [6.45, 7) is 0. The zero-order valence-electron chi connectivity index (χ0n) is 7.00. The molecule has 0 spiro atoms. The number of hydrogen-bond acceptors (Lipinski definition) is 3. The maximum Gasteiger partial charge on any atom is 0.126 e. The Morgan fingerprint density at radius 1 is 1.43 bits per heavy atom. The average Bonchev–Trinajstić information content (AvgIpc) is 2.51. The van der Waals surface area contributed by atoms with E-state index in [1.54, 1.807) is 6.20 Å². The maximum atomic E-state index is 6.07. The van der Waals surface area contributed by atoms with Crippen molar-refractivity contribution in [2.45, 2.75) is 0 Å². The van der Waals surface area contributed by atoms with Crippen LogP contribution in [0.5, 0.6) is 0 Å². The van der Waals surface area contributed by atoms with E-state index < -0.39 is 0 Å². The van der Waals surface area contributed by atoms with Gasteiger partial charge >= 0.3 is 0 Å². The van der Waals surface area contributed by atoms with Crippen molar-refractivity contribution >= 4 is 43.9 Å². The van der Waals surface area contributed by atoms with Gasteiger partial charge in [-0.15, -0.1) is 0 Å². The van der Waals surface area contributed by atoms with Gasteiger partial charge in [-0.05, 0) is 18.2 Å². The molecule has 2 nitrogen and oxygen atoms in total. The number of halogens is 2. The number of nitrogens with zero attached hydrogens (tertiary/aromatic N) is 1. The van der Waals surface area contributed by atoms with Gasteiger partial charge in [0.15, 0.2) is 0 Å². The van der Waals surface area contributed by atoms with Gasteiger partial charge in [-0.1, -0.05) is 38.9 Å². The van der Waals surface area contributed by atoms with Gasteiger partial charge < -0.3 is 5.73 Å². The SMILES string of the molecule is Nc1cnc(-c2ccc(Br)cc2Cl)s1. The molecule has 0 amide bonds. The lowest BCUT2D eigenvalue weighted by molar-refractivity contribution is 1.41. The van der Waals surface area contributed by atoms with Crippen molar-refractivity contribution in [1.82, 2.24) is 4.98 Å². The fraction of sp³-hybridized carbons (Fsp3) is 0. The molecule has 0 radical (unpaired) electrons. The van der Waals surface area contributed by atoms with Crippen molar-refractivity contribution in [2.24, 2.45) is 0 Å². The van der Waals surface area contributed by atoms with Crippen molar-refractivity contribution < 1.29 is 0 Å². The van der Waals surface area contributed by atoms with Gasteiger partial charge in [0.1, 0.15) is 10.0 Å². The summed E-state index contributed by atoms with van der Waals surface area (Å²) in [4.78, 5) is 4.17. The van der Waals surface area contributed by atoms with E-state index in [1.807, 2.05) is 18.2 Å². The summed E-state index contributed by atoms with van der Waals surface area (Å²) < 4.78 is 0.954. The van der Waals surface area contributed by atoms with Gasteiger partial charge in [0, 0.05) is 10.0 Å². The number of benzene rings is 1. The summed E-state index contributed by atoms with van der Waals surface area (Å²) in [5.74, 6) is 0. The summed E-state index contributed by atoms with van der Waals surface area (Å²) in [6, 6.07) is 5.69. The highest BCUT2D eigenvalue weighted by atomic mass is 79.9. The first-order valence-corrected chi connectivity index (χ1v) is 5.82. The number of nitrogens with two attached hydrogens (primary N) is 1. The first-order valence-electron chi connectivity index (χ1n) is 3.83. The van der Waals surface area contributed by atoms with E-state index in [0.29, 0.717) is 10.0 Å². The normalized spacial score (nSPS) is 10.4. The van der Waals surface area contributed by atoms with E-state index in [4.69, 9.17) is 17.3 Å². The molecule has 0 saturated heterocycles. The fourth-order valence-electron chi connectivity index (χ4n) is 1.07. The van der Waals surface area contributed by atoms with Gasteiger partial charge in [-0.2, -0.15) is 0 Å². The third kappa shape index (κ3) is 1.92. The molecule has 0 aliphatic rings. The number of rotatable bonds is 1. The second kappa shape index (κ2) is 3.88. The van der Waals surface area contributed by atoms with E-state index in [1.165, 1.54) is 11.3 Å². The van der Waals surface area contributed by atoms with Gasteiger partial charge in [0.2, 0.25) is 0 Å².